The smallest absolute Gasteiger partial charge is 0.227 e. The molecule has 0 aliphatic heterocycles. The molecule has 5 heteroatoms. The number of ether oxygens (including phenoxy) is 2. The largest absolute Gasteiger partial charge is 0.493 e. The van der Waals surface area contributed by atoms with Gasteiger partial charge in [0.15, 0.2) is 11.5 Å². The zero-order valence-electron chi connectivity index (χ0n) is 14.2. The van der Waals surface area contributed by atoms with Gasteiger partial charge in [0.25, 0.3) is 0 Å². The molecule has 0 bridgehead atoms. The van der Waals surface area contributed by atoms with E-state index in [-0.39, 0.29) is 18.4 Å². The predicted octanol–water partition coefficient (Wildman–Crippen LogP) is 2.66. The Labute approximate surface area is 142 Å². The summed E-state index contributed by atoms with van der Waals surface area (Å²) in [5, 5.41) is 12.5. The highest BCUT2D eigenvalue weighted by Crippen LogP contribution is 2.30. The van der Waals surface area contributed by atoms with Crippen molar-refractivity contribution in [3.8, 4) is 11.5 Å². The number of methoxy groups -OCH3 is 2. The molecule has 2 aromatic rings. The average Bonchev–Trinajstić information content (AvgIpc) is 2.65. The van der Waals surface area contributed by atoms with Crippen molar-refractivity contribution in [2.24, 2.45) is 0 Å². The molecular weight excluding hydrogens is 306 g/mol. The molecule has 2 aromatic carbocycles. The van der Waals surface area contributed by atoms with E-state index in [1.165, 1.54) is 0 Å². The highest BCUT2D eigenvalue weighted by atomic mass is 16.5. The van der Waals surface area contributed by atoms with Crippen LogP contribution >= 0.6 is 0 Å². The first kappa shape index (κ1) is 17.8. The predicted molar refractivity (Wildman–Crippen MR) is 92.4 cm³/mol. The second-order valence-electron chi connectivity index (χ2n) is 5.49. The number of hydrogen-bond acceptors (Lipinski definition) is 4. The standard InChI is InChI=1S/C19H23NO4/c1-13(15-9-10-17(23-2)18(11-15)24-3)19(22)20-16(12-21)14-7-5-4-6-8-14/h4-11,13,16,21H,12H2,1-3H3,(H,20,22)/t13-,16?/m0/s1. The summed E-state index contributed by atoms with van der Waals surface area (Å²) in [6.07, 6.45) is 0. The van der Waals surface area contributed by atoms with Gasteiger partial charge < -0.3 is 19.9 Å². The van der Waals surface area contributed by atoms with Gasteiger partial charge in [-0.15, -0.1) is 0 Å². The molecule has 1 unspecified atom stereocenters. The third kappa shape index (κ3) is 4.06. The minimum atomic E-state index is -0.429. The first-order valence-corrected chi connectivity index (χ1v) is 7.78. The maximum atomic E-state index is 12.5. The molecule has 0 saturated heterocycles. The molecule has 0 saturated carbocycles. The number of benzene rings is 2. The van der Waals surface area contributed by atoms with Crippen LogP contribution < -0.4 is 14.8 Å². The van der Waals surface area contributed by atoms with Crippen molar-refractivity contribution in [2.45, 2.75) is 18.9 Å². The van der Waals surface area contributed by atoms with Crippen LogP contribution in [0.1, 0.15) is 30.0 Å². The summed E-state index contributed by atoms with van der Waals surface area (Å²) in [4.78, 5) is 12.5. The van der Waals surface area contributed by atoms with Crippen LogP contribution in [-0.4, -0.2) is 31.8 Å². The SMILES string of the molecule is COc1ccc([C@H](C)C(=O)NC(CO)c2ccccc2)cc1OC. The summed E-state index contributed by atoms with van der Waals surface area (Å²) < 4.78 is 10.5. The molecule has 24 heavy (non-hydrogen) atoms. The van der Waals surface area contributed by atoms with Crippen LogP contribution in [0.4, 0.5) is 0 Å². The first-order valence-electron chi connectivity index (χ1n) is 7.78. The quantitative estimate of drug-likeness (QED) is 0.819. The van der Waals surface area contributed by atoms with Crippen LogP contribution in [0.15, 0.2) is 48.5 Å². The van der Waals surface area contributed by atoms with E-state index < -0.39 is 6.04 Å². The van der Waals surface area contributed by atoms with Gasteiger partial charge in [-0.1, -0.05) is 36.4 Å². The van der Waals surface area contributed by atoms with Gasteiger partial charge in [-0.3, -0.25) is 4.79 Å². The van der Waals surface area contributed by atoms with Gasteiger partial charge in [0.05, 0.1) is 32.8 Å². The fourth-order valence-corrected chi connectivity index (χ4v) is 2.49. The highest BCUT2D eigenvalue weighted by Gasteiger charge is 2.21. The van der Waals surface area contributed by atoms with Crippen LogP contribution in [0.2, 0.25) is 0 Å². The monoisotopic (exact) mass is 329 g/mol. The molecule has 0 aromatic heterocycles. The van der Waals surface area contributed by atoms with Gasteiger partial charge in [-0.25, -0.2) is 0 Å². The molecule has 2 atom stereocenters. The van der Waals surface area contributed by atoms with Crippen molar-refractivity contribution in [3.63, 3.8) is 0 Å². The van der Waals surface area contributed by atoms with Crippen LogP contribution in [0, 0.1) is 0 Å². The summed E-state index contributed by atoms with van der Waals surface area (Å²) in [5.74, 6) is 0.649. The Morgan fingerprint density at radius 1 is 1.04 bits per heavy atom. The third-order valence-corrected chi connectivity index (χ3v) is 4.00. The molecule has 0 spiro atoms. The Morgan fingerprint density at radius 2 is 1.71 bits per heavy atom. The number of nitrogens with one attached hydrogen (secondary N) is 1. The highest BCUT2D eigenvalue weighted by molar-refractivity contribution is 5.83. The lowest BCUT2D eigenvalue weighted by Gasteiger charge is -2.20. The van der Waals surface area contributed by atoms with Gasteiger partial charge in [-0.05, 0) is 30.2 Å². The lowest BCUT2D eigenvalue weighted by molar-refractivity contribution is -0.123. The Hall–Kier alpha value is -2.53. The van der Waals surface area contributed by atoms with Crippen molar-refractivity contribution >= 4 is 5.91 Å². The number of hydrogen-bond donors (Lipinski definition) is 2. The summed E-state index contributed by atoms with van der Waals surface area (Å²) in [6.45, 7) is 1.66. The maximum Gasteiger partial charge on any atom is 0.227 e. The Kier molecular flexibility index (Phi) is 6.21. The Morgan fingerprint density at radius 3 is 2.29 bits per heavy atom. The van der Waals surface area contributed by atoms with Crippen molar-refractivity contribution in [1.82, 2.24) is 5.32 Å². The normalized spacial score (nSPS) is 13.0. The first-order chi connectivity index (χ1) is 11.6. The van der Waals surface area contributed by atoms with Crippen molar-refractivity contribution in [2.75, 3.05) is 20.8 Å². The number of aliphatic hydroxyl groups excluding tert-OH is 1. The lowest BCUT2D eigenvalue weighted by atomic mass is 9.98. The molecule has 128 valence electrons. The van der Waals surface area contributed by atoms with Gasteiger partial charge in [0.1, 0.15) is 0 Å². The minimum Gasteiger partial charge on any atom is -0.493 e. The molecule has 0 aliphatic carbocycles. The summed E-state index contributed by atoms with van der Waals surface area (Å²) in [5.41, 5.74) is 1.68. The van der Waals surface area contributed by atoms with Gasteiger partial charge in [-0.2, -0.15) is 0 Å². The van der Waals surface area contributed by atoms with Gasteiger partial charge in [0, 0.05) is 0 Å². The van der Waals surface area contributed by atoms with Crippen molar-refractivity contribution < 1.29 is 19.4 Å². The van der Waals surface area contributed by atoms with E-state index in [0.717, 1.165) is 11.1 Å². The van der Waals surface area contributed by atoms with Crippen molar-refractivity contribution in [1.29, 1.82) is 0 Å². The number of carbonyl (C=O) groups is 1. The van der Waals surface area contributed by atoms with Crippen LogP contribution in [0.5, 0.6) is 11.5 Å². The molecule has 0 radical (unpaired) electrons. The fourth-order valence-electron chi connectivity index (χ4n) is 2.49. The molecule has 5 nitrogen and oxygen atoms in total. The van der Waals surface area contributed by atoms with E-state index in [1.54, 1.807) is 26.4 Å². The lowest BCUT2D eigenvalue weighted by Crippen LogP contribution is -2.33. The van der Waals surface area contributed by atoms with E-state index in [1.807, 2.05) is 43.3 Å². The molecule has 0 heterocycles. The molecule has 2 rings (SSSR count). The summed E-state index contributed by atoms with van der Waals surface area (Å²) in [6, 6.07) is 14.4. The summed E-state index contributed by atoms with van der Waals surface area (Å²) in [7, 11) is 3.13. The second-order valence-corrected chi connectivity index (χ2v) is 5.49. The molecule has 2 N–H and O–H groups in total. The van der Waals surface area contributed by atoms with Gasteiger partial charge >= 0.3 is 0 Å². The number of amides is 1. The van der Waals surface area contributed by atoms with Crippen LogP contribution in [0.25, 0.3) is 0 Å². The fraction of sp³-hybridized carbons (Fsp3) is 0.316. The second kappa shape index (κ2) is 8.36. The Bertz CT molecular complexity index is 672. The number of carbonyl (C=O) groups excluding carboxylic acids is 1. The minimum absolute atomic E-state index is 0.158. The topological polar surface area (TPSA) is 67.8 Å². The van der Waals surface area contributed by atoms with Gasteiger partial charge in [0.2, 0.25) is 5.91 Å². The zero-order chi connectivity index (χ0) is 17.5. The van der Waals surface area contributed by atoms with E-state index in [0.29, 0.717) is 11.5 Å². The van der Waals surface area contributed by atoms with Crippen LogP contribution in [-0.2, 0) is 4.79 Å². The average molecular weight is 329 g/mol. The molecule has 1 amide bonds. The van der Waals surface area contributed by atoms with E-state index in [4.69, 9.17) is 9.47 Å². The zero-order valence-corrected chi connectivity index (χ0v) is 14.2. The third-order valence-electron chi connectivity index (χ3n) is 4.00. The van der Waals surface area contributed by atoms with Crippen LogP contribution in [0.3, 0.4) is 0 Å². The van der Waals surface area contributed by atoms with Crippen molar-refractivity contribution in [3.05, 3.63) is 59.7 Å². The Balaban J connectivity index is 2.14. The van der Waals surface area contributed by atoms with E-state index >= 15 is 0 Å². The number of rotatable bonds is 7. The van der Waals surface area contributed by atoms with E-state index in [2.05, 4.69) is 5.32 Å². The van der Waals surface area contributed by atoms with E-state index in [9.17, 15) is 9.90 Å². The summed E-state index contributed by atoms with van der Waals surface area (Å²) >= 11 is 0. The molecule has 0 fully saturated rings. The maximum absolute atomic E-state index is 12.5. The number of aliphatic hydroxyl groups is 1. The molecular formula is C19H23NO4. The molecule has 0 aliphatic rings.